The molecule has 2 aliphatic heterocycles. The molecule has 2 aromatic heterocycles. The van der Waals surface area contributed by atoms with Gasteiger partial charge in [-0.1, -0.05) is 18.7 Å². The Hall–Kier alpha value is -4.32. The molecule has 2 aliphatic rings. The van der Waals surface area contributed by atoms with Crippen molar-refractivity contribution in [1.82, 2.24) is 24.1 Å². The summed E-state index contributed by atoms with van der Waals surface area (Å²) in [4.78, 5) is 31.9. The predicted molar refractivity (Wildman–Crippen MR) is 169 cm³/mol. The van der Waals surface area contributed by atoms with Gasteiger partial charge in [0, 0.05) is 60.7 Å². The number of carbonyl (C=O) groups is 1. The molecule has 4 aromatic rings. The van der Waals surface area contributed by atoms with E-state index in [1.807, 2.05) is 45.1 Å². The fraction of sp³-hybridized carbons (Fsp3) is 0.424. The first-order valence-corrected chi connectivity index (χ1v) is 15.0. The maximum absolute atomic E-state index is 15.1. The summed E-state index contributed by atoms with van der Waals surface area (Å²) in [5.41, 5.74) is 1.17. The van der Waals surface area contributed by atoms with Gasteiger partial charge in [-0.25, -0.2) is 0 Å². The summed E-state index contributed by atoms with van der Waals surface area (Å²) in [6.45, 7) is 9.72. The molecule has 6 rings (SSSR count). The van der Waals surface area contributed by atoms with Crippen LogP contribution >= 0.6 is 0 Å². The molecule has 0 spiro atoms. The minimum Gasteiger partial charge on any atom is -0.488 e. The number of anilines is 1. The summed E-state index contributed by atoms with van der Waals surface area (Å²) in [6.07, 6.45) is -1.96. The lowest BCUT2D eigenvalue weighted by atomic mass is 9.93. The molecule has 238 valence electrons. The van der Waals surface area contributed by atoms with Crippen molar-refractivity contribution >= 4 is 33.4 Å². The van der Waals surface area contributed by atoms with E-state index < -0.39 is 35.4 Å². The zero-order chi connectivity index (χ0) is 32.5. The minimum atomic E-state index is -4.93. The second kappa shape index (κ2) is 10.9. The number of aryl methyl sites for hydroxylation is 2. The fourth-order valence-electron chi connectivity index (χ4n) is 7.08. The highest BCUT2D eigenvalue weighted by Crippen LogP contribution is 2.48. The molecule has 0 unspecified atom stereocenters. The first kappa shape index (κ1) is 30.7. The summed E-state index contributed by atoms with van der Waals surface area (Å²) >= 11 is 0. The maximum atomic E-state index is 15.1. The number of carbonyl (C=O) groups excluding carboxylic acids is 1. The molecule has 12 heteroatoms. The predicted octanol–water partition coefficient (Wildman–Crippen LogP) is 4.99. The van der Waals surface area contributed by atoms with Gasteiger partial charge in [0.05, 0.1) is 29.0 Å². The number of nitrogens with zero attached hydrogens (tertiary/aromatic N) is 6. The lowest BCUT2D eigenvalue weighted by Gasteiger charge is -2.46. The topological polar surface area (TPSA) is 75.8 Å². The zero-order valence-corrected chi connectivity index (χ0v) is 26.3. The van der Waals surface area contributed by atoms with Gasteiger partial charge in [0.1, 0.15) is 12.2 Å². The average Bonchev–Trinajstić information content (AvgIpc) is 3.35. The number of pyridine rings is 1. The van der Waals surface area contributed by atoms with Gasteiger partial charge in [-0.05, 0) is 58.6 Å². The number of alkyl halides is 3. The van der Waals surface area contributed by atoms with E-state index in [1.165, 1.54) is 10.6 Å². The van der Waals surface area contributed by atoms with Gasteiger partial charge in [0.25, 0.3) is 5.56 Å². The van der Waals surface area contributed by atoms with Gasteiger partial charge in [0.15, 0.2) is 5.75 Å². The second-order valence-corrected chi connectivity index (χ2v) is 12.5. The van der Waals surface area contributed by atoms with Crippen LogP contribution in [-0.4, -0.2) is 82.5 Å². The number of aromatic nitrogens is 3. The Kier molecular flexibility index (Phi) is 7.46. The third-order valence-electron chi connectivity index (χ3n) is 9.05. The third kappa shape index (κ3) is 4.86. The second-order valence-electron chi connectivity index (χ2n) is 12.5. The molecule has 4 heterocycles. The maximum Gasteiger partial charge on any atom is 0.423 e. The van der Waals surface area contributed by atoms with Gasteiger partial charge in [0.2, 0.25) is 5.91 Å². The van der Waals surface area contributed by atoms with Gasteiger partial charge in [-0.2, -0.15) is 18.3 Å². The molecule has 1 fully saturated rings. The van der Waals surface area contributed by atoms with Crippen LogP contribution in [0, 0.1) is 6.92 Å². The van der Waals surface area contributed by atoms with E-state index >= 15 is 13.2 Å². The monoisotopic (exact) mass is 622 g/mol. The molecule has 3 atom stereocenters. The third-order valence-corrected chi connectivity index (χ3v) is 9.05. The van der Waals surface area contributed by atoms with Gasteiger partial charge >= 0.3 is 6.18 Å². The van der Waals surface area contributed by atoms with Crippen molar-refractivity contribution < 1.29 is 22.7 Å². The number of halogens is 3. The molecule has 1 amide bonds. The van der Waals surface area contributed by atoms with Gasteiger partial charge in [-0.3, -0.25) is 18.8 Å². The highest BCUT2D eigenvalue weighted by molar-refractivity contribution is 6.05. The van der Waals surface area contributed by atoms with Crippen molar-refractivity contribution in [2.24, 2.45) is 7.05 Å². The number of fused-ring (bicyclic) bond motifs is 1. The van der Waals surface area contributed by atoms with E-state index in [0.29, 0.717) is 23.4 Å². The molecule has 0 N–H and O–H groups in total. The molecule has 0 bridgehead atoms. The molecule has 9 nitrogen and oxygen atoms in total. The molecule has 0 saturated carbocycles. The summed E-state index contributed by atoms with van der Waals surface area (Å²) in [6, 6.07) is 5.85. The quantitative estimate of drug-likeness (QED) is 0.292. The van der Waals surface area contributed by atoms with E-state index in [4.69, 9.17) is 4.74 Å². The van der Waals surface area contributed by atoms with E-state index in [2.05, 4.69) is 11.7 Å². The number of rotatable bonds is 5. The van der Waals surface area contributed by atoms with E-state index in [9.17, 15) is 9.59 Å². The molecule has 45 heavy (non-hydrogen) atoms. The van der Waals surface area contributed by atoms with Crippen LogP contribution in [0.4, 0.5) is 18.9 Å². The van der Waals surface area contributed by atoms with Crippen molar-refractivity contribution in [2.45, 2.75) is 45.1 Å². The van der Waals surface area contributed by atoms with E-state index in [1.54, 1.807) is 46.7 Å². The van der Waals surface area contributed by atoms with E-state index in [0.717, 1.165) is 22.0 Å². The van der Waals surface area contributed by atoms with Crippen LogP contribution in [0.3, 0.4) is 0 Å². The van der Waals surface area contributed by atoms with Crippen molar-refractivity contribution in [2.75, 3.05) is 45.2 Å². The van der Waals surface area contributed by atoms with Crippen LogP contribution in [0.25, 0.3) is 32.9 Å². The van der Waals surface area contributed by atoms with Crippen LogP contribution < -0.4 is 15.2 Å². The fourth-order valence-corrected chi connectivity index (χ4v) is 7.08. The Labute approximate surface area is 259 Å². The van der Waals surface area contributed by atoms with Crippen molar-refractivity contribution in [3.05, 3.63) is 64.6 Å². The molecule has 1 saturated heterocycles. The zero-order valence-electron chi connectivity index (χ0n) is 26.3. The molecular weight excluding hydrogens is 585 g/mol. The summed E-state index contributed by atoms with van der Waals surface area (Å²) in [5, 5.41) is 5.62. The van der Waals surface area contributed by atoms with Crippen LogP contribution in [-0.2, 0) is 18.0 Å². The number of ether oxygens (including phenoxy) is 1. The van der Waals surface area contributed by atoms with Crippen LogP contribution in [0.2, 0.25) is 0 Å². The Bertz CT molecular complexity index is 1910. The average molecular weight is 623 g/mol. The number of hydrogen-bond donors (Lipinski definition) is 0. The molecular formula is C33H37F3N6O3. The highest BCUT2D eigenvalue weighted by atomic mass is 19.4. The largest absolute Gasteiger partial charge is 0.488 e. The first-order valence-electron chi connectivity index (χ1n) is 15.0. The Morgan fingerprint density at radius 2 is 1.87 bits per heavy atom. The number of benzene rings is 2. The smallest absolute Gasteiger partial charge is 0.423 e. The van der Waals surface area contributed by atoms with Gasteiger partial charge < -0.3 is 19.4 Å². The lowest BCUT2D eigenvalue weighted by molar-refractivity contribution is -0.138. The first-order chi connectivity index (χ1) is 21.2. The minimum absolute atomic E-state index is 0.0318. The Morgan fingerprint density at radius 3 is 2.53 bits per heavy atom. The summed E-state index contributed by atoms with van der Waals surface area (Å²) in [5.74, 6) is 0.0823. The lowest BCUT2D eigenvalue weighted by Crippen LogP contribution is -2.58. The Morgan fingerprint density at radius 1 is 1.13 bits per heavy atom. The van der Waals surface area contributed by atoms with E-state index in [-0.39, 0.29) is 36.7 Å². The number of hydrogen-bond acceptors (Lipinski definition) is 6. The highest BCUT2D eigenvalue weighted by Gasteiger charge is 2.45. The molecule has 0 radical (unpaired) electrons. The standard InChI is InChI=1S/C33H37F3N6O3/c1-8-25(43)40-14-20(4)41(15-19(40)3)29-24-12-11-23(26-18(2)9-10-21-13-37-39(7)28(21)26)31-30(24)42(22(17-45-31)16-38(5)6)32(44)27(29)33(34,35)36/h8-13,19-20,22H,1,14-17H2,2-7H3/t19-,20+,22-/m1/s1. The number of amides is 1. The van der Waals surface area contributed by atoms with Gasteiger partial charge in [-0.15, -0.1) is 0 Å². The van der Waals surface area contributed by atoms with Crippen LogP contribution in [0.1, 0.15) is 31.0 Å². The van der Waals surface area contributed by atoms with Crippen LogP contribution in [0.15, 0.2) is 47.9 Å². The Balaban J connectivity index is 1.71. The number of piperazine rings is 1. The normalized spacial score (nSPS) is 20.3. The number of likely N-dealkylation sites (N-methyl/N-ethyl adjacent to an activating group) is 1. The molecule has 0 aliphatic carbocycles. The van der Waals surface area contributed by atoms with Crippen LogP contribution in [0.5, 0.6) is 5.75 Å². The SMILES string of the molecule is C=CC(=O)N1C[C@H](C)N(c2c(C(F)(F)F)c(=O)n3c4c(c(-c5c(C)ccc6cnn(C)c56)ccc24)OC[C@H]3CN(C)C)C[C@H]1C. The molecule has 2 aromatic carbocycles. The summed E-state index contributed by atoms with van der Waals surface area (Å²) < 4.78 is 54.9. The van der Waals surface area contributed by atoms with Crippen molar-refractivity contribution in [3.63, 3.8) is 0 Å². The van der Waals surface area contributed by atoms with Crippen molar-refractivity contribution in [1.29, 1.82) is 0 Å². The van der Waals surface area contributed by atoms with Crippen molar-refractivity contribution in [3.8, 4) is 16.9 Å². The summed E-state index contributed by atoms with van der Waals surface area (Å²) in [7, 11) is 5.47.